The summed E-state index contributed by atoms with van der Waals surface area (Å²) >= 11 is 1.47. The van der Waals surface area contributed by atoms with Crippen LogP contribution in [0.25, 0.3) is 6.08 Å². The van der Waals surface area contributed by atoms with Gasteiger partial charge in [-0.15, -0.1) is 6.58 Å². The summed E-state index contributed by atoms with van der Waals surface area (Å²) in [5, 5.41) is 6.38. The number of aryl methyl sites for hydroxylation is 1. The van der Waals surface area contributed by atoms with Gasteiger partial charge >= 0.3 is 0 Å². The van der Waals surface area contributed by atoms with Gasteiger partial charge in [0.1, 0.15) is 6.61 Å². The molecule has 36 heavy (non-hydrogen) atoms. The number of rotatable bonds is 11. The summed E-state index contributed by atoms with van der Waals surface area (Å²) in [6.45, 7) is 8.93. The van der Waals surface area contributed by atoms with Crippen LogP contribution in [0.5, 0.6) is 11.5 Å². The SMILES string of the molecule is C=CCc1cc(/C=C2\S[C@@H](Nc3ccc(CC)cc3)NC2=O)cc(OCC)c1OCc1ccccc1. The van der Waals surface area contributed by atoms with Crippen molar-refractivity contribution in [2.24, 2.45) is 0 Å². The maximum Gasteiger partial charge on any atom is 0.260 e. The second kappa shape index (κ2) is 12.4. The van der Waals surface area contributed by atoms with Crippen molar-refractivity contribution in [3.8, 4) is 11.5 Å². The molecular formula is C30H32N2O3S. The molecule has 0 spiro atoms. The van der Waals surface area contributed by atoms with Crippen LogP contribution in [0.15, 0.2) is 84.3 Å². The van der Waals surface area contributed by atoms with Crippen LogP contribution in [-0.4, -0.2) is 18.0 Å². The minimum absolute atomic E-state index is 0.102. The lowest BCUT2D eigenvalue weighted by molar-refractivity contribution is -0.116. The van der Waals surface area contributed by atoms with Gasteiger partial charge < -0.3 is 20.1 Å². The number of hydrogen-bond donors (Lipinski definition) is 2. The third kappa shape index (κ3) is 6.52. The summed E-state index contributed by atoms with van der Waals surface area (Å²) in [6.07, 6.45) is 5.37. The van der Waals surface area contributed by atoms with E-state index in [0.29, 0.717) is 36.0 Å². The molecule has 5 nitrogen and oxygen atoms in total. The molecule has 0 saturated carbocycles. The zero-order valence-electron chi connectivity index (χ0n) is 20.8. The number of hydrogen-bond acceptors (Lipinski definition) is 5. The van der Waals surface area contributed by atoms with Crippen LogP contribution in [0, 0.1) is 0 Å². The number of allylic oxidation sites excluding steroid dienone is 1. The van der Waals surface area contributed by atoms with Crippen molar-refractivity contribution in [1.82, 2.24) is 5.32 Å². The third-order valence-corrected chi connectivity index (χ3v) is 6.76. The van der Waals surface area contributed by atoms with Gasteiger partial charge in [-0.25, -0.2) is 0 Å². The molecule has 0 unspecified atom stereocenters. The van der Waals surface area contributed by atoms with E-state index >= 15 is 0 Å². The first kappa shape index (κ1) is 25.5. The van der Waals surface area contributed by atoms with Gasteiger partial charge in [-0.1, -0.05) is 67.2 Å². The second-order valence-electron chi connectivity index (χ2n) is 8.38. The Morgan fingerprint density at radius 1 is 1.03 bits per heavy atom. The zero-order valence-corrected chi connectivity index (χ0v) is 21.6. The number of anilines is 1. The van der Waals surface area contributed by atoms with E-state index in [2.05, 4.69) is 36.3 Å². The molecule has 1 amide bonds. The lowest BCUT2D eigenvalue weighted by Gasteiger charge is -2.17. The van der Waals surface area contributed by atoms with E-state index in [-0.39, 0.29) is 11.4 Å². The van der Waals surface area contributed by atoms with Crippen LogP contribution in [-0.2, 0) is 24.2 Å². The molecule has 1 atom stereocenters. The number of carbonyl (C=O) groups excluding carboxylic acids is 1. The monoisotopic (exact) mass is 500 g/mol. The molecule has 1 aliphatic rings. The van der Waals surface area contributed by atoms with E-state index in [9.17, 15) is 4.79 Å². The largest absolute Gasteiger partial charge is 0.490 e. The Kier molecular flexibility index (Phi) is 8.74. The van der Waals surface area contributed by atoms with Crippen LogP contribution in [0.4, 0.5) is 5.69 Å². The summed E-state index contributed by atoms with van der Waals surface area (Å²) < 4.78 is 12.2. The Hall–Kier alpha value is -3.64. The minimum atomic E-state index is -0.233. The van der Waals surface area contributed by atoms with Crippen molar-refractivity contribution in [3.63, 3.8) is 0 Å². The Morgan fingerprint density at radius 3 is 2.50 bits per heavy atom. The average Bonchev–Trinajstić information content (AvgIpc) is 3.23. The topological polar surface area (TPSA) is 59.6 Å². The number of thioether (sulfide) groups is 1. The lowest BCUT2D eigenvalue weighted by Crippen LogP contribution is -2.30. The van der Waals surface area contributed by atoms with Gasteiger partial charge in [0.05, 0.1) is 11.5 Å². The highest BCUT2D eigenvalue weighted by Crippen LogP contribution is 2.37. The first-order valence-electron chi connectivity index (χ1n) is 12.2. The fourth-order valence-electron chi connectivity index (χ4n) is 3.93. The molecule has 1 aliphatic heterocycles. The molecule has 3 aromatic rings. The molecule has 186 valence electrons. The van der Waals surface area contributed by atoms with Crippen molar-refractivity contribution >= 4 is 29.4 Å². The maximum atomic E-state index is 12.7. The molecule has 1 fully saturated rings. The Labute approximate surface area is 217 Å². The first-order valence-corrected chi connectivity index (χ1v) is 13.1. The number of amides is 1. The standard InChI is InChI=1S/C30H32N2O3S/c1-4-10-24-17-23(18-26(34-6-3)28(24)35-20-22-11-8-7-9-12-22)19-27-29(33)32-30(36-27)31-25-15-13-21(5-2)14-16-25/h4,7-9,11-19,30-31H,1,5-6,10,20H2,2-3H3,(H,32,33)/b27-19-/t30-/m0/s1. The first-order chi connectivity index (χ1) is 17.6. The van der Waals surface area contributed by atoms with E-state index in [4.69, 9.17) is 9.47 Å². The molecule has 3 aromatic carbocycles. The van der Waals surface area contributed by atoms with Crippen molar-refractivity contribution in [2.75, 3.05) is 11.9 Å². The van der Waals surface area contributed by atoms with E-state index in [1.165, 1.54) is 17.3 Å². The van der Waals surface area contributed by atoms with E-state index in [0.717, 1.165) is 28.8 Å². The second-order valence-corrected chi connectivity index (χ2v) is 9.53. The Balaban J connectivity index is 1.55. The predicted molar refractivity (Wildman–Crippen MR) is 149 cm³/mol. The summed E-state index contributed by atoms with van der Waals surface area (Å²) in [5.41, 5.74) is 4.95. The highest BCUT2D eigenvalue weighted by Gasteiger charge is 2.27. The van der Waals surface area contributed by atoms with Crippen LogP contribution in [0.2, 0.25) is 0 Å². The third-order valence-electron chi connectivity index (χ3n) is 5.73. The summed E-state index contributed by atoms with van der Waals surface area (Å²) in [4.78, 5) is 13.4. The number of carbonyl (C=O) groups is 1. The fraction of sp³-hybridized carbons (Fsp3) is 0.233. The zero-order chi connectivity index (χ0) is 25.3. The highest BCUT2D eigenvalue weighted by atomic mass is 32.2. The summed E-state index contributed by atoms with van der Waals surface area (Å²) in [6, 6.07) is 22.3. The predicted octanol–water partition coefficient (Wildman–Crippen LogP) is 6.55. The van der Waals surface area contributed by atoms with Crippen molar-refractivity contribution in [2.45, 2.75) is 38.8 Å². The Bertz CT molecular complexity index is 1220. The summed E-state index contributed by atoms with van der Waals surface area (Å²) in [5.74, 6) is 1.27. The molecule has 0 aliphatic carbocycles. The molecule has 2 N–H and O–H groups in total. The van der Waals surface area contributed by atoms with Gasteiger partial charge in [-0.3, -0.25) is 4.79 Å². The van der Waals surface area contributed by atoms with Crippen molar-refractivity contribution in [1.29, 1.82) is 0 Å². The van der Waals surface area contributed by atoms with Crippen LogP contribution < -0.4 is 20.1 Å². The van der Waals surface area contributed by atoms with Gasteiger partial charge in [-0.05, 0) is 66.8 Å². The van der Waals surface area contributed by atoms with E-state index in [1.54, 1.807) is 0 Å². The summed E-state index contributed by atoms with van der Waals surface area (Å²) in [7, 11) is 0. The van der Waals surface area contributed by atoms with Gasteiger partial charge in [-0.2, -0.15) is 0 Å². The lowest BCUT2D eigenvalue weighted by atomic mass is 10.0. The normalized spacial score (nSPS) is 16.0. The molecule has 6 heteroatoms. The fourth-order valence-corrected chi connectivity index (χ4v) is 4.92. The minimum Gasteiger partial charge on any atom is -0.490 e. The van der Waals surface area contributed by atoms with Crippen LogP contribution in [0.1, 0.15) is 36.1 Å². The number of benzene rings is 3. The van der Waals surface area contributed by atoms with Gasteiger partial charge in [0, 0.05) is 11.3 Å². The van der Waals surface area contributed by atoms with Gasteiger partial charge in [0.2, 0.25) is 0 Å². The molecule has 4 rings (SSSR count). The van der Waals surface area contributed by atoms with Crippen molar-refractivity contribution in [3.05, 3.63) is 107 Å². The number of ether oxygens (including phenoxy) is 2. The molecule has 1 heterocycles. The van der Waals surface area contributed by atoms with E-state index < -0.39 is 0 Å². The van der Waals surface area contributed by atoms with Gasteiger partial charge in [0.15, 0.2) is 17.0 Å². The van der Waals surface area contributed by atoms with Gasteiger partial charge in [0.25, 0.3) is 5.91 Å². The molecular weight excluding hydrogens is 468 g/mol. The quantitative estimate of drug-likeness (QED) is 0.231. The molecule has 0 bridgehead atoms. The number of nitrogens with one attached hydrogen (secondary N) is 2. The van der Waals surface area contributed by atoms with Crippen molar-refractivity contribution < 1.29 is 14.3 Å². The average molecular weight is 501 g/mol. The molecule has 0 aromatic heterocycles. The smallest absolute Gasteiger partial charge is 0.260 e. The van der Waals surface area contributed by atoms with E-state index in [1.807, 2.05) is 73.7 Å². The molecule has 1 saturated heterocycles. The molecule has 0 radical (unpaired) electrons. The highest BCUT2D eigenvalue weighted by molar-refractivity contribution is 8.05. The van der Waals surface area contributed by atoms with Crippen LogP contribution in [0.3, 0.4) is 0 Å². The maximum absolute atomic E-state index is 12.7. The van der Waals surface area contributed by atoms with Crippen LogP contribution >= 0.6 is 11.8 Å². The Morgan fingerprint density at radius 2 is 1.81 bits per heavy atom.